The van der Waals surface area contributed by atoms with Gasteiger partial charge >= 0.3 is 0 Å². The van der Waals surface area contributed by atoms with Crippen molar-refractivity contribution in [3.63, 3.8) is 0 Å². The Bertz CT molecular complexity index is 1040. The van der Waals surface area contributed by atoms with Gasteiger partial charge in [-0.3, -0.25) is 9.59 Å². The molecule has 0 saturated heterocycles. The van der Waals surface area contributed by atoms with Crippen LogP contribution < -0.4 is 15.0 Å². The normalized spacial score (nSPS) is 16.8. The Hall–Kier alpha value is -2.91. The Morgan fingerprint density at radius 1 is 1.21 bits per heavy atom. The number of anilines is 2. The zero-order valence-electron chi connectivity index (χ0n) is 16.5. The number of carbonyl (C=O) groups excluding carboxylic acids is 2. The van der Waals surface area contributed by atoms with Gasteiger partial charge in [-0.15, -0.1) is 0 Å². The molecule has 8 nitrogen and oxygen atoms in total. The number of likely N-dealkylation sites (N-methyl/N-ethyl adjacent to an activating group) is 1. The highest BCUT2D eigenvalue weighted by Crippen LogP contribution is 2.32. The van der Waals surface area contributed by atoms with Crippen molar-refractivity contribution in [3.8, 4) is 5.75 Å². The van der Waals surface area contributed by atoms with Gasteiger partial charge in [0.05, 0.1) is 25.0 Å². The van der Waals surface area contributed by atoms with E-state index in [2.05, 4.69) is 5.32 Å². The Kier molecular flexibility index (Phi) is 5.90. The van der Waals surface area contributed by atoms with Gasteiger partial charge in [-0.2, -0.15) is 4.31 Å². The van der Waals surface area contributed by atoms with Crippen LogP contribution in [-0.4, -0.2) is 51.3 Å². The highest BCUT2D eigenvalue weighted by molar-refractivity contribution is 7.89. The number of ether oxygens (including phenoxy) is 1. The summed E-state index contributed by atoms with van der Waals surface area (Å²) in [6.07, 6.45) is 0.114. The second-order valence-corrected chi connectivity index (χ2v) is 8.81. The van der Waals surface area contributed by atoms with E-state index < -0.39 is 22.0 Å². The zero-order chi connectivity index (χ0) is 21.2. The average molecular weight is 417 g/mol. The minimum atomic E-state index is -3.95. The lowest BCUT2D eigenvalue weighted by Gasteiger charge is -2.29. The van der Waals surface area contributed by atoms with Gasteiger partial charge in [-0.1, -0.05) is 24.3 Å². The van der Waals surface area contributed by atoms with Gasteiger partial charge in [0, 0.05) is 19.5 Å². The Labute approximate surface area is 170 Å². The predicted molar refractivity (Wildman–Crippen MR) is 109 cm³/mol. The maximum Gasteiger partial charge on any atom is 0.246 e. The lowest BCUT2D eigenvalue weighted by atomic mass is 10.1. The Balaban J connectivity index is 1.90. The van der Waals surface area contributed by atoms with Crippen LogP contribution in [-0.2, 0) is 19.6 Å². The van der Waals surface area contributed by atoms with Gasteiger partial charge in [0.25, 0.3) is 0 Å². The summed E-state index contributed by atoms with van der Waals surface area (Å²) in [4.78, 5) is 26.7. The van der Waals surface area contributed by atoms with Crippen LogP contribution in [0.5, 0.6) is 5.75 Å². The molecule has 2 aromatic carbocycles. The highest BCUT2D eigenvalue weighted by atomic mass is 32.2. The second kappa shape index (κ2) is 8.22. The number of nitrogens with one attached hydrogen (secondary N) is 1. The third-order valence-electron chi connectivity index (χ3n) is 4.74. The molecule has 154 valence electrons. The van der Waals surface area contributed by atoms with E-state index in [0.29, 0.717) is 11.4 Å². The lowest BCUT2D eigenvalue weighted by Crippen LogP contribution is -2.45. The van der Waals surface area contributed by atoms with Gasteiger partial charge in [0.15, 0.2) is 0 Å². The third-order valence-corrected chi connectivity index (χ3v) is 6.59. The number of methoxy groups -OCH3 is 1. The molecule has 1 aliphatic rings. The molecule has 2 aromatic rings. The maximum atomic E-state index is 13.1. The van der Waals surface area contributed by atoms with Crippen LogP contribution in [0.25, 0.3) is 0 Å². The smallest absolute Gasteiger partial charge is 0.246 e. The number of amides is 2. The molecular weight excluding hydrogens is 394 g/mol. The lowest BCUT2D eigenvalue weighted by molar-refractivity contribution is -0.119. The van der Waals surface area contributed by atoms with E-state index in [9.17, 15) is 18.0 Å². The Morgan fingerprint density at radius 2 is 1.86 bits per heavy atom. The molecule has 1 unspecified atom stereocenters. The Morgan fingerprint density at radius 3 is 2.59 bits per heavy atom. The molecule has 0 saturated carbocycles. The van der Waals surface area contributed by atoms with E-state index in [4.69, 9.17) is 4.74 Å². The van der Waals surface area contributed by atoms with E-state index in [1.54, 1.807) is 49.4 Å². The number of sulfonamides is 1. The monoisotopic (exact) mass is 417 g/mol. The fourth-order valence-electron chi connectivity index (χ4n) is 3.32. The minimum Gasteiger partial charge on any atom is -0.495 e. The summed E-state index contributed by atoms with van der Waals surface area (Å²) >= 11 is 0. The summed E-state index contributed by atoms with van der Waals surface area (Å²) in [5.41, 5.74) is 1.06. The van der Waals surface area contributed by atoms with E-state index in [1.165, 1.54) is 25.1 Å². The average Bonchev–Trinajstić information content (AvgIpc) is 2.81. The van der Waals surface area contributed by atoms with Gasteiger partial charge in [-0.05, 0) is 31.2 Å². The van der Waals surface area contributed by atoms with Gasteiger partial charge < -0.3 is 15.0 Å². The standard InChI is InChI=1S/C20H23N3O5S/c1-14-12-19(24)21-15-8-4-5-9-16(15)23(14)20(25)13-22(2)29(26,27)18-11-7-6-10-17(18)28-3/h4-11,14H,12-13H2,1-3H3,(H,21,24). The van der Waals surface area contributed by atoms with Crippen LogP contribution in [0.4, 0.5) is 11.4 Å². The molecule has 3 rings (SSSR count). The molecule has 0 fully saturated rings. The highest BCUT2D eigenvalue weighted by Gasteiger charge is 2.33. The summed E-state index contributed by atoms with van der Waals surface area (Å²) in [5, 5.41) is 2.78. The van der Waals surface area contributed by atoms with Crippen molar-refractivity contribution in [1.82, 2.24) is 4.31 Å². The van der Waals surface area contributed by atoms with Crippen molar-refractivity contribution < 1.29 is 22.7 Å². The SMILES string of the molecule is COc1ccccc1S(=O)(=O)N(C)CC(=O)N1c2ccccc2NC(=O)CC1C. The number of hydrogen-bond donors (Lipinski definition) is 1. The van der Waals surface area contributed by atoms with Crippen molar-refractivity contribution in [3.05, 3.63) is 48.5 Å². The number of benzene rings is 2. The van der Waals surface area contributed by atoms with Crippen LogP contribution >= 0.6 is 0 Å². The van der Waals surface area contributed by atoms with Gasteiger partial charge in [-0.25, -0.2) is 8.42 Å². The first-order chi connectivity index (χ1) is 13.8. The summed E-state index contributed by atoms with van der Waals surface area (Å²) in [6.45, 7) is 1.38. The van der Waals surface area contributed by atoms with E-state index >= 15 is 0 Å². The molecular formula is C20H23N3O5S. The second-order valence-electron chi connectivity index (χ2n) is 6.79. The van der Waals surface area contributed by atoms with Crippen LogP contribution in [0.1, 0.15) is 13.3 Å². The molecule has 0 bridgehead atoms. The number of fused-ring (bicyclic) bond motifs is 1. The molecule has 9 heteroatoms. The fourth-order valence-corrected chi connectivity index (χ4v) is 4.59. The molecule has 1 atom stereocenters. The summed E-state index contributed by atoms with van der Waals surface area (Å²) in [5.74, 6) is -0.423. The van der Waals surface area contributed by atoms with Crippen molar-refractivity contribution in [2.45, 2.75) is 24.3 Å². The number of para-hydroxylation sites is 3. The summed E-state index contributed by atoms with van der Waals surface area (Å²) < 4.78 is 32.1. The fraction of sp³-hybridized carbons (Fsp3) is 0.300. The minimum absolute atomic E-state index is 0.0149. The van der Waals surface area contributed by atoms with Crippen molar-refractivity contribution in [2.24, 2.45) is 0 Å². The van der Waals surface area contributed by atoms with Gasteiger partial charge in [0.2, 0.25) is 21.8 Å². The predicted octanol–water partition coefficient (Wildman–Crippen LogP) is 2.08. The molecule has 0 aliphatic carbocycles. The molecule has 1 heterocycles. The van der Waals surface area contributed by atoms with Crippen LogP contribution in [0, 0.1) is 0 Å². The first-order valence-corrected chi connectivity index (χ1v) is 10.5. The summed E-state index contributed by atoms with van der Waals surface area (Å²) in [7, 11) is -1.22. The van der Waals surface area contributed by atoms with E-state index in [-0.39, 0.29) is 29.5 Å². The molecule has 0 spiro atoms. The molecule has 2 amide bonds. The van der Waals surface area contributed by atoms with Crippen molar-refractivity contribution >= 4 is 33.2 Å². The summed E-state index contributed by atoms with van der Waals surface area (Å²) in [6, 6.07) is 12.8. The molecule has 1 N–H and O–H groups in total. The topological polar surface area (TPSA) is 96.0 Å². The maximum absolute atomic E-state index is 13.1. The third kappa shape index (κ3) is 4.10. The molecule has 29 heavy (non-hydrogen) atoms. The largest absolute Gasteiger partial charge is 0.495 e. The molecule has 0 radical (unpaired) electrons. The van der Waals surface area contributed by atoms with E-state index in [0.717, 1.165) is 4.31 Å². The first kappa shape index (κ1) is 20.8. The first-order valence-electron chi connectivity index (χ1n) is 9.06. The van der Waals surface area contributed by atoms with Crippen molar-refractivity contribution in [1.29, 1.82) is 0 Å². The number of nitrogens with zero attached hydrogens (tertiary/aromatic N) is 2. The number of carbonyl (C=O) groups is 2. The molecule has 1 aliphatic heterocycles. The van der Waals surface area contributed by atoms with E-state index in [1.807, 2.05) is 0 Å². The van der Waals surface area contributed by atoms with Gasteiger partial charge in [0.1, 0.15) is 10.6 Å². The molecule has 0 aromatic heterocycles. The number of rotatable bonds is 5. The quantitative estimate of drug-likeness (QED) is 0.804. The van der Waals surface area contributed by atoms with Crippen LogP contribution in [0.2, 0.25) is 0 Å². The van der Waals surface area contributed by atoms with Crippen LogP contribution in [0.3, 0.4) is 0 Å². The zero-order valence-corrected chi connectivity index (χ0v) is 17.3. The number of hydrogen-bond acceptors (Lipinski definition) is 5. The van der Waals surface area contributed by atoms with Crippen molar-refractivity contribution in [2.75, 3.05) is 30.9 Å². The van der Waals surface area contributed by atoms with Crippen LogP contribution in [0.15, 0.2) is 53.4 Å².